The van der Waals surface area contributed by atoms with Gasteiger partial charge in [0.25, 0.3) is 5.91 Å². The molecule has 1 aromatic carbocycles. The Morgan fingerprint density at radius 3 is 1.55 bits per heavy atom. The van der Waals surface area contributed by atoms with Gasteiger partial charge in [-0.2, -0.15) is 0 Å². The molecule has 1 amide bonds. The third-order valence-electron chi connectivity index (χ3n) is 3.97. The predicted molar refractivity (Wildman–Crippen MR) is 138 cm³/mol. The van der Waals surface area contributed by atoms with Crippen molar-refractivity contribution in [2.45, 2.75) is 12.2 Å². The van der Waals surface area contributed by atoms with Crippen LogP contribution < -0.4 is 4.90 Å². The van der Waals surface area contributed by atoms with E-state index in [0.717, 1.165) is 4.90 Å². The molecule has 0 saturated heterocycles. The number of nitrogens with zero attached hydrogens (tertiary/aromatic N) is 1. The van der Waals surface area contributed by atoms with Gasteiger partial charge in [0.15, 0.2) is 0 Å². The van der Waals surface area contributed by atoms with Crippen LogP contribution in [-0.2, 0) is 14.3 Å². The Kier molecular flexibility index (Phi) is 13.8. The molecular formula is C18H22I3NO11. The number of rotatable bonds is 12. The summed E-state index contributed by atoms with van der Waals surface area (Å²) in [6.45, 7) is -4.05. The summed E-state index contributed by atoms with van der Waals surface area (Å²) in [6, 6.07) is 0. The van der Waals surface area contributed by atoms with Gasteiger partial charge in [0.1, 0.15) is 32.0 Å². The molecule has 33 heavy (non-hydrogen) atoms. The van der Waals surface area contributed by atoms with E-state index in [1.807, 2.05) is 0 Å². The van der Waals surface area contributed by atoms with Gasteiger partial charge in [0.2, 0.25) is 0 Å². The van der Waals surface area contributed by atoms with Crippen LogP contribution in [0.5, 0.6) is 0 Å². The van der Waals surface area contributed by atoms with Crippen LogP contribution in [0.2, 0.25) is 0 Å². The molecule has 0 saturated carbocycles. The number of carbonyl (C=O) groups excluding carboxylic acids is 3. The first-order chi connectivity index (χ1) is 15.5. The van der Waals surface area contributed by atoms with Crippen LogP contribution in [0.3, 0.4) is 0 Å². The summed E-state index contributed by atoms with van der Waals surface area (Å²) >= 11 is 5.21. The SMILES string of the molecule is O=C(OCC(O)CO)c1c(I)c(C(=O)OCC(O)CO)c(I)c(N(CCO)C(=O)CO)c1I. The first-order valence-corrected chi connectivity index (χ1v) is 12.4. The molecule has 0 fully saturated rings. The number of carbonyl (C=O) groups is 3. The van der Waals surface area contributed by atoms with Crippen LogP contribution in [0.1, 0.15) is 20.7 Å². The van der Waals surface area contributed by atoms with Gasteiger partial charge in [-0.05, 0) is 67.8 Å². The smallest absolute Gasteiger partial charge is 0.340 e. The maximum atomic E-state index is 12.8. The van der Waals surface area contributed by atoms with E-state index in [1.54, 1.807) is 67.8 Å². The molecule has 15 heteroatoms. The number of anilines is 1. The van der Waals surface area contributed by atoms with Crippen LogP contribution in [0.4, 0.5) is 5.69 Å². The third kappa shape index (κ3) is 8.05. The molecule has 0 heterocycles. The van der Waals surface area contributed by atoms with Crippen molar-refractivity contribution < 1.29 is 54.5 Å². The minimum Gasteiger partial charge on any atom is -0.459 e. The number of hydrogen-bond donors (Lipinski definition) is 6. The summed E-state index contributed by atoms with van der Waals surface area (Å²) in [5, 5.41) is 55.6. The van der Waals surface area contributed by atoms with Crippen molar-refractivity contribution in [3.8, 4) is 0 Å². The van der Waals surface area contributed by atoms with Crippen molar-refractivity contribution >= 4 is 91.3 Å². The van der Waals surface area contributed by atoms with E-state index in [9.17, 15) is 34.8 Å². The number of aliphatic hydroxyl groups is 6. The fourth-order valence-corrected chi connectivity index (χ4v) is 7.02. The molecule has 0 aliphatic rings. The summed E-state index contributed by atoms with van der Waals surface area (Å²) in [7, 11) is 0. The monoisotopic (exact) mass is 809 g/mol. The fraction of sp³-hybridized carbons (Fsp3) is 0.500. The van der Waals surface area contributed by atoms with Gasteiger partial charge in [0.05, 0.1) is 43.8 Å². The van der Waals surface area contributed by atoms with Crippen LogP contribution in [0, 0.1) is 10.7 Å². The lowest BCUT2D eigenvalue weighted by Crippen LogP contribution is -2.38. The standard InChI is InChI=1S/C18H22I3NO11/c19-13-11(17(30)32-6-8(27)3-24)14(20)16(22(1-2-23)10(29)5-26)15(21)12(13)18(31)33-7-9(28)4-25/h8-9,23-28H,1-7H2. The molecule has 0 radical (unpaired) electrons. The number of benzene rings is 1. The second-order valence-electron chi connectivity index (χ2n) is 6.34. The molecule has 0 spiro atoms. The molecule has 0 aliphatic carbocycles. The highest BCUT2D eigenvalue weighted by Crippen LogP contribution is 2.38. The van der Waals surface area contributed by atoms with Gasteiger partial charge in [0, 0.05) is 10.1 Å². The van der Waals surface area contributed by atoms with E-state index in [2.05, 4.69) is 0 Å². The molecule has 0 aromatic heterocycles. The summed E-state index contributed by atoms with van der Waals surface area (Å²) in [5.41, 5.74) is -0.269. The lowest BCUT2D eigenvalue weighted by Gasteiger charge is -2.27. The number of halogens is 3. The largest absolute Gasteiger partial charge is 0.459 e. The Bertz CT molecular complexity index is 815. The first-order valence-electron chi connectivity index (χ1n) is 9.20. The van der Waals surface area contributed by atoms with Crippen molar-refractivity contribution in [1.82, 2.24) is 0 Å². The Balaban J connectivity index is 3.71. The van der Waals surface area contributed by atoms with E-state index in [-0.39, 0.29) is 34.1 Å². The zero-order valence-corrected chi connectivity index (χ0v) is 23.4. The molecule has 2 unspecified atom stereocenters. The van der Waals surface area contributed by atoms with Crippen molar-refractivity contribution in [3.05, 3.63) is 21.8 Å². The second-order valence-corrected chi connectivity index (χ2v) is 9.57. The van der Waals surface area contributed by atoms with Gasteiger partial charge >= 0.3 is 11.9 Å². The highest BCUT2D eigenvalue weighted by Gasteiger charge is 2.33. The molecular weight excluding hydrogens is 787 g/mol. The minimum atomic E-state index is -1.33. The second kappa shape index (κ2) is 14.9. The average molecular weight is 809 g/mol. The van der Waals surface area contributed by atoms with E-state index >= 15 is 0 Å². The van der Waals surface area contributed by atoms with E-state index in [0.29, 0.717) is 0 Å². The lowest BCUT2D eigenvalue weighted by atomic mass is 10.1. The normalized spacial score (nSPS) is 12.8. The highest BCUT2D eigenvalue weighted by molar-refractivity contribution is 14.1. The summed E-state index contributed by atoms with van der Waals surface area (Å²) in [4.78, 5) is 39.0. The van der Waals surface area contributed by atoms with Crippen LogP contribution in [0.15, 0.2) is 0 Å². The van der Waals surface area contributed by atoms with Crippen molar-refractivity contribution in [2.75, 3.05) is 51.1 Å². The number of esters is 2. The summed E-state index contributed by atoms with van der Waals surface area (Å²) in [6.07, 6.45) is -2.67. The van der Waals surface area contributed by atoms with Crippen molar-refractivity contribution in [3.63, 3.8) is 0 Å². The van der Waals surface area contributed by atoms with Crippen LogP contribution in [-0.4, -0.2) is 107 Å². The average Bonchev–Trinajstić information content (AvgIpc) is 2.79. The Hall–Kier alpha value is -0.420. The number of ether oxygens (including phenoxy) is 2. The lowest BCUT2D eigenvalue weighted by molar-refractivity contribution is -0.121. The zero-order chi connectivity index (χ0) is 25.3. The Labute approximate surface area is 229 Å². The van der Waals surface area contributed by atoms with Crippen LogP contribution >= 0.6 is 67.8 Å². The van der Waals surface area contributed by atoms with Crippen LogP contribution in [0.25, 0.3) is 0 Å². The van der Waals surface area contributed by atoms with E-state index < -0.39 is 69.7 Å². The van der Waals surface area contributed by atoms with E-state index in [4.69, 9.17) is 19.7 Å². The quantitative estimate of drug-likeness (QED) is 0.110. The van der Waals surface area contributed by atoms with Gasteiger partial charge in [-0.15, -0.1) is 0 Å². The molecule has 2 atom stereocenters. The topological polar surface area (TPSA) is 194 Å². The first kappa shape index (κ1) is 30.6. The number of aliphatic hydroxyl groups excluding tert-OH is 6. The number of hydrogen-bond acceptors (Lipinski definition) is 11. The molecule has 0 aliphatic heterocycles. The van der Waals surface area contributed by atoms with E-state index in [1.165, 1.54) is 0 Å². The Morgan fingerprint density at radius 2 is 1.21 bits per heavy atom. The highest BCUT2D eigenvalue weighted by atomic mass is 127. The molecule has 1 aromatic rings. The van der Waals surface area contributed by atoms with Crippen molar-refractivity contribution in [2.24, 2.45) is 0 Å². The Morgan fingerprint density at radius 1 is 0.788 bits per heavy atom. The van der Waals surface area contributed by atoms with Gasteiger partial charge in [-0.25, -0.2) is 9.59 Å². The summed E-state index contributed by atoms with van der Waals surface area (Å²) in [5.74, 6) is -2.76. The molecule has 0 bridgehead atoms. The zero-order valence-electron chi connectivity index (χ0n) is 16.9. The fourth-order valence-electron chi connectivity index (χ4n) is 2.39. The van der Waals surface area contributed by atoms with Gasteiger partial charge in [-0.3, -0.25) is 4.79 Å². The molecule has 186 valence electrons. The number of amides is 1. The molecule has 12 nitrogen and oxygen atoms in total. The molecule has 1 rings (SSSR count). The minimum absolute atomic E-state index is 0.0361. The van der Waals surface area contributed by atoms with Gasteiger partial charge in [-0.1, -0.05) is 0 Å². The summed E-state index contributed by atoms with van der Waals surface area (Å²) < 4.78 is 10.5. The maximum Gasteiger partial charge on any atom is 0.340 e. The van der Waals surface area contributed by atoms with Gasteiger partial charge < -0.3 is 45.0 Å². The van der Waals surface area contributed by atoms with Crippen molar-refractivity contribution in [1.29, 1.82) is 0 Å². The third-order valence-corrected chi connectivity index (χ3v) is 7.15. The predicted octanol–water partition coefficient (Wildman–Crippen LogP) is -1.16. The maximum absolute atomic E-state index is 12.8. The molecule has 6 N–H and O–H groups in total.